The molecule has 0 aliphatic carbocycles. The minimum atomic E-state index is -1.45. The largest absolute Gasteiger partial charge is 0.543 e. The molecule has 15 heteroatoms. The van der Waals surface area contributed by atoms with Crippen molar-refractivity contribution in [3.63, 3.8) is 0 Å². The molecule has 13 nitrogen and oxygen atoms in total. The predicted molar refractivity (Wildman–Crippen MR) is 130 cm³/mol. The van der Waals surface area contributed by atoms with E-state index in [1.807, 2.05) is 7.05 Å². The number of primary amides is 1. The van der Waals surface area contributed by atoms with Gasteiger partial charge >= 0.3 is 0 Å². The number of nitrogens with one attached hydrogen (secondary N) is 1. The molecule has 0 aromatic carbocycles. The number of fused-ring (bicyclic) bond motifs is 1. The molecule has 0 spiro atoms. The number of nitrogens with zero attached hydrogens (tertiary/aromatic N) is 4. The average Bonchev–Trinajstić information content (AvgIpc) is 3.26. The van der Waals surface area contributed by atoms with Gasteiger partial charge in [0.15, 0.2) is 10.8 Å². The van der Waals surface area contributed by atoms with Crippen LogP contribution >= 0.6 is 23.1 Å². The van der Waals surface area contributed by atoms with Gasteiger partial charge in [-0.3, -0.25) is 19.3 Å². The Morgan fingerprint density at radius 1 is 1.42 bits per heavy atom. The predicted octanol–water partition coefficient (Wildman–Crippen LogP) is -2.26. The standard InChI is InChI=1S/C21H25N7O6S2/c1-28(5-3-10(4-6-28)16(22)29)7-11-8-35-19-14(18(31)27(19)15(11)20(32)33)25-17(30)13(26-34-2)12-9-36-21(23)24-12/h3,9,14,19H,4-8H2,1-2H3,(H5-,22,23,24,25,29,30,32,33)/b26-13-/t14-,19-,28?/m1/s1. The SMILES string of the molecule is CO/N=C(\C(=O)N[C@@H]1C(=O)N2C(C(=O)[O-])=C(C[N+]3(C)CC=C(C(N)=O)CC3)CS[C@H]12)c1csc(N)n1. The summed E-state index contributed by atoms with van der Waals surface area (Å²) in [7, 11) is 3.22. The smallest absolute Gasteiger partial charge is 0.276 e. The third kappa shape index (κ3) is 4.81. The molecule has 5 N–H and O–H groups in total. The van der Waals surface area contributed by atoms with Gasteiger partial charge in [0.2, 0.25) is 5.91 Å². The monoisotopic (exact) mass is 535 g/mol. The number of quaternary nitrogens is 1. The minimum Gasteiger partial charge on any atom is -0.543 e. The number of carbonyl (C=O) groups is 4. The first-order valence-electron chi connectivity index (χ1n) is 10.9. The Hall–Kier alpha value is -3.43. The lowest BCUT2D eigenvalue weighted by atomic mass is 10.0. The molecule has 1 aromatic heterocycles. The van der Waals surface area contributed by atoms with Crippen molar-refractivity contribution < 1.29 is 33.6 Å². The van der Waals surface area contributed by atoms with E-state index in [4.69, 9.17) is 16.3 Å². The number of hydrogen-bond acceptors (Lipinski definition) is 11. The average molecular weight is 536 g/mol. The lowest BCUT2D eigenvalue weighted by Gasteiger charge is -2.51. The zero-order chi connectivity index (χ0) is 26.2. The number of aliphatic carboxylic acids is 1. The molecule has 4 heterocycles. The van der Waals surface area contributed by atoms with Crippen LogP contribution in [0, 0.1) is 0 Å². The Morgan fingerprint density at radius 2 is 2.17 bits per heavy atom. The summed E-state index contributed by atoms with van der Waals surface area (Å²) in [4.78, 5) is 59.3. The summed E-state index contributed by atoms with van der Waals surface area (Å²) in [6.45, 7) is 1.47. The summed E-state index contributed by atoms with van der Waals surface area (Å²) in [5.74, 6) is -2.84. The molecule has 4 rings (SSSR count). The molecule has 3 aliphatic heterocycles. The van der Waals surface area contributed by atoms with Crippen LogP contribution in [0.25, 0.3) is 0 Å². The number of anilines is 1. The summed E-state index contributed by atoms with van der Waals surface area (Å²) < 4.78 is 0.462. The van der Waals surface area contributed by atoms with Crippen molar-refractivity contribution in [2.45, 2.75) is 17.8 Å². The number of thiazole rings is 1. The Morgan fingerprint density at radius 3 is 2.72 bits per heavy atom. The number of β-lactam (4-membered cyclic amide) rings is 1. The summed E-state index contributed by atoms with van der Waals surface area (Å²) >= 11 is 2.47. The number of nitrogens with two attached hydrogens (primary N) is 2. The molecule has 0 bridgehead atoms. The number of aromatic nitrogens is 1. The number of amides is 3. The third-order valence-corrected chi connectivity index (χ3v) is 8.29. The maximum Gasteiger partial charge on any atom is 0.276 e. The highest BCUT2D eigenvalue weighted by atomic mass is 32.2. The van der Waals surface area contributed by atoms with E-state index in [2.05, 4.69) is 15.5 Å². The van der Waals surface area contributed by atoms with Gasteiger partial charge in [0.05, 0.1) is 31.8 Å². The van der Waals surface area contributed by atoms with Gasteiger partial charge < -0.3 is 36.0 Å². The lowest BCUT2D eigenvalue weighted by Crippen LogP contribution is -2.72. The van der Waals surface area contributed by atoms with Crippen LogP contribution in [0.4, 0.5) is 5.13 Å². The topological polar surface area (TPSA) is 193 Å². The fourth-order valence-corrected chi connectivity index (χ4v) is 6.32. The number of rotatable bonds is 8. The number of nitrogen functional groups attached to an aromatic ring is 1. The number of carboxylic acids is 1. The fourth-order valence-electron chi connectivity index (χ4n) is 4.44. The van der Waals surface area contributed by atoms with Crippen molar-refractivity contribution in [3.8, 4) is 0 Å². The zero-order valence-electron chi connectivity index (χ0n) is 19.6. The van der Waals surface area contributed by atoms with E-state index >= 15 is 0 Å². The highest BCUT2D eigenvalue weighted by molar-refractivity contribution is 8.00. The Kier molecular flexibility index (Phi) is 7.06. The summed E-state index contributed by atoms with van der Waals surface area (Å²) in [5, 5.41) is 19.6. The summed E-state index contributed by atoms with van der Waals surface area (Å²) in [6, 6.07) is -0.961. The van der Waals surface area contributed by atoms with E-state index in [0.717, 1.165) is 11.3 Å². The van der Waals surface area contributed by atoms with Gasteiger partial charge in [-0.2, -0.15) is 0 Å². The molecule has 3 atom stereocenters. The van der Waals surface area contributed by atoms with E-state index in [1.54, 1.807) is 6.08 Å². The molecule has 0 saturated carbocycles. The van der Waals surface area contributed by atoms with E-state index in [9.17, 15) is 24.3 Å². The molecule has 192 valence electrons. The molecule has 1 aromatic rings. The van der Waals surface area contributed by atoms with E-state index in [1.165, 1.54) is 29.2 Å². The molecular weight excluding hydrogens is 510 g/mol. The van der Waals surface area contributed by atoms with Gasteiger partial charge in [0.1, 0.15) is 30.8 Å². The van der Waals surface area contributed by atoms with Crippen molar-refractivity contribution >= 4 is 57.6 Å². The molecule has 1 saturated heterocycles. The number of likely N-dealkylation sites (N-methyl/N-ethyl adjacent to an activating group) is 1. The first kappa shape index (κ1) is 25.7. The van der Waals surface area contributed by atoms with Crippen LogP contribution in [-0.2, 0) is 24.0 Å². The second kappa shape index (κ2) is 9.91. The number of oxime groups is 1. The van der Waals surface area contributed by atoms with Gasteiger partial charge in [-0.25, -0.2) is 4.98 Å². The van der Waals surface area contributed by atoms with Gasteiger partial charge in [0, 0.05) is 28.7 Å². The van der Waals surface area contributed by atoms with Crippen LogP contribution in [0.1, 0.15) is 12.1 Å². The maximum atomic E-state index is 13.0. The lowest BCUT2D eigenvalue weighted by molar-refractivity contribution is -0.900. The molecule has 36 heavy (non-hydrogen) atoms. The molecule has 3 aliphatic rings. The summed E-state index contributed by atoms with van der Waals surface area (Å²) in [5.41, 5.74) is 12.0. The number of carboxylic acid groups (broad SMARTS) is 1. The van der Waals surface area contributed by atoms with Crippen LogP contribution in [0.15, 0.2) is 33.5 Å². The number of thioether (sulfide) groups is 1. The van der Waals surface area contributed by atoms with Crippen LogP contribution in [0.3, 0.4) is 0 Å². The highest BCUT2D eigenvalue weighted by Gasteiger charge is 2.53. The first-order chi connectivity index (χ1) is 17.0. The van der Waals surface area contributed by atoms with Crippen LogP contribution in [0.2, 0.25) is 0 Å². The van der Waals surface area contributed by atoms with Gasteiger partial charge in [-0.05, 0) is 6.08 Å². The Balaban J connectivity index is 1.51. The zero-order valence-corrected chi connectivity index (χ0v) is 21.2. The molecule has 0 radical (unpaired) electrons. The van der Waals surface area contributed by atoms with Crippen molar-refractivity contribution in [1.29, 1.82) is 0 Å². The minimum absolute atomic E-state index is 0.153. The van der Waals surface area contributed by atoms with E-state index in [-0.39, 0.29) is 22.2 Å². The van der Waals surface area contributed by atoms with Gasteiger partial charge in [-0.1, -0.05) is 5.16 Å². The molecule has 1 fully saturated rings. The van der Waals surface area contributed by atoms with Crippen molar-refractivity contribution in [1.82, 2.24) is 15.2 Å². The second-order valence-electron chi connectivity index (χ2n) is 8.82. The molecule has 1 unspecified atom stereocenters. The number of hydrogen-bond donors (Lipinski definition) is 3. The first-order valence-corrected chi connectivity index (χ1v) is 12.8. The third-order valence-electron chi connectivity index (χ3n) is 6.28. The van der Waals surface area contributed by atoms with Crippen molar-refractivity contribution in [2.24, 2.45) is 10.9 Å². The second-order valence-corrected chi connectivity index (χ2v) is 10.8. The Bertz CT molecular complexity index is 1220. The van der Waals surface area contributed by atoms with Crippen LogP contribution < -0.4 is 21.9 Å². The fraction of sp³-hybridized carbons (Fsp3) is 0.429. The van der Waals surface area contributed by atoms with Gasteiger partial charge in [-0.15, -0.1) is 23.1 Å². The van der Waals surface area contributed by atoms with E-state index < -0.39 is 35.1 Å². The Labute approximate surface area is 214 Å². The van der Waals surface area contributed by atoms with Gasteiger partial charge in [0.25, 0.3) is 11.8 Å². The van der Waals surface area contributed by atoms with Crippen molar-refractivity contribution in [3.05, 3.63) is 34.0 Å². The highest BCUT2D eigenvalue weighted by Crippen LogP contribution is 2.41. The van der Waals surface area contributed by atoms with Crippen LogP contribution in [-0.4, -0.2) is 94.7 Å². The number of carbonyl (C=O) groups excluding carboxylic acids is 4. The summed E-state index contributed by atoms with van der Waals surface area (Å²) in [6.07, 6.45) is 2.27. The molecule has 3 amide bonds. The van der Waals surface area contributed by atoms with E-state index in [0.29, 0.717) is 47.4 Å². The quantitative estimate of drug-likeness (QED) is 0.143. The molecular formula is C21H25N7O6S2. The normalized spacial score (nSPS) is 26.1. The van der Waals surface area contributed by atoms with Crippen molar-refractivity contribution in [2.75, 3.05) is 45.3 Å². The maximum absolute atomic E-state index is 13.0. The van der Waals surface area contributed by atoms with Crippen LogP contribution in [0.5, 0.6) is 0 Å².